The number of benzene rings is 2. The van der Waals surface area contributed by atoms with E-state index in [9.17, 15) is 18.0 Å². The van der Waals surface area contributed by atoms with E-state index in [-0.39, 0.29) is 16.0 Å². The Bertz CT molecular complexity index is 1230. The van der Waals surface area contributed by atoms with Crippen LogP contribution in [0.1, 0.15) is 10.4 Å². The third-order valence-electron chi connectivity index (χ3n) is 4.00. The molecule has 9 nitrogen and oxygen atoms in total. The largest absolute Gasteiger partial charge is 0.486 e. The van der Waals surface area contributed by atoms with Crippen LogP contribution in [0.5, 0.6) is 11.5 Å². The van der Waals surface area contributed by atoms with Gasteiger partial charge in [-0.15, -0.1) is 4.83 Å². The second kappa shape index (κ2) is 6.98. The van der Waals surface area contributed by atoms with Gasteiger partial charge >= 0.3 is 5.63 Å². The topological polar surface area (TPSA) is 124 Å². The summed E-state index contributed by atoms with van der Waals surface area (Å²) in [5, 5.41) is 0.431. The van der Waals surface area contributed by atoms with Crippen molar-refractivity contribution in [3.63, 3.8) is 0 Å². The summed E-state index contributed by atoms with van der Waals surface area (Å²) in [5.74, 6) is 0.274. The Morgan fingerprint density at radius 3 is 2.54 bits per heavy atom. The molecule has 1 aliphatic heterocycles. The van der Waals surface area contributed by atoms with Gasteiger partial charge in [0.05, 0.1) is 4.90 Å². The van der Waals surface area contributed by atoms with Crippen molar-refractivity contribution in [2.24, 2.45) is 0 Å². The summed E-state index contributed by atoms with van der Waals surface area (Å²) < 4.78 is 40.6. The number of carbonyl (C=O) groups is 1. The van der Waals surface area contributed by atoms with Crippen LogP contribution in [-0.4, -0.2) is 27.5 Å². The molecule has 0 saturated carbocycles. The molecule has 0 spiro atoms. The minimum absolute atomic E-state index is 0.101. The molecule has 1 aliphatic rings. The number of sulfonamides is 1. The third kappa shape index (κ3) is 3.55. The van der Waals surface area contributed by atoms with Crippen molar-refractivity contribution in [2.75, 3.05) is 13.2 Å². The van der Waals surface area contributed by atoms with Crippen LogP contribution >= 0.6 is 0 Å². The Morgan fingerprint density at radius 1 is 0.929 bits per heavy atom. The average molecular weight is 402 g/mol. The molecule has 0 saturated heterocycles. The van der Waals surface area contributed by atoms with Crippen LogP contribution in [0.2, 0.25) is 0 Å². The molecule has 2 heterocycles. The molecule has 2 aromatic carbocycles. The fourth-order valence-electron chi connectivity index (χ4n) is 2.65. The first-order valence-electron chi connectivity index (χ1n) is 8.18. The fourth-order valence-corrected chi connectivity index (χ4v) is 3.52. The fraction of sp³-hybridized carbons (Fsp3) is 0.111. The van der Waals surface area contributed by atoms with Gasteiger partial charge in [0.1, 0.15) is 18.8 Å². The van der Waals surface area contributed by atoms with Crippen molar-refractivity contribution in [3.8, 4) is 11.5 Å². The molecular formula is C18H14N2O7S. The Morgan fingerprint density at radius 2 is 1.71 bits per heavy atom. The Hall–Kier alpha value is -3.37. The zero-order valence-electron chi connectivity index (χ0n) is 14.3. The lowest BCUT2D eigenvalue weighted by Gasteiger charge is -2.18. The van der Waals surface area contributed by atoms with E-state index < -0.39 is 21.6 Å². The van der Waals surface area contributed by atoms with Crippen LogP contribution in [0.15, 0.2) is 62.6 Å². The lowest BCUT2D eigenvalue weighted by molar-refractivity contribution is 0.0944. The van der Waals surface area contributed by atoms with Crippen LogP contribution < -0.4 is 25.4 Å². The highest BCUT2D eigenvalue weighted by molar-refractivity contribution is 7.89. The molecule has 2 N–H and O–H groups in total. The highest BCUT2D eigenvalue weighted by atomic mass is 32.2. The maximum absolute atomic E-state index is 12.4. The zero-order chi connectivity index (χ0) is 19.7. The van der Waals surface area contributed by atoms with E-state index in [4.69, 9.17) is 13.9 Å². The molecule has 1 aromatic heterocycles. The van der Waals surface area contributed by atoms with Gasteiger partial charge in [-0.25, -0.2) is 13.2 Å². The van der Waals surface area contributed by atoms with E-state index in [2.05, 4.69) is 5.43 Å². The van der Waals surface area contributed by atoms with Gasteiger partial charge in [0, 0.05) is 17.0 Å². The van der Waals surface area contributed by atoms with Crippen molar-refractivity contribution in [2.45, 2.75) is 4.90 Å². The second-order valence-electron chi connectivity index (χ2n) is 5.87. The van der Waals surface area contributed by atoms with Gasteiger partial charge in [0.15, 0.2) is 11.5 Å². The standard InChI is InChI=1S/C18H14N2O7S/c21-17-6-2-11-9-13(3-5-14(11)27-17)28(23,24)20-19-18(22)12-1-4-15-16(10-12)26-8-7-25-15/h1-6,9-10,20H,7-8H2,(H,19,22). The van der Waals surface area contributed by atoms with E-state index in [1.165, 1.54) is 42.5 Å². The highest BCUT2D eigenvalue weighted by Gasteiger charge is 2.19. The second-order valence-corrected chi connectivity index (χ2v) is 7.55. The smallest absolute Gasteiger partial charge is 0.336 e. The molecule has 0 atom stereocenters. The minimum Gasteiger partial charge on any atom is -0.486 e. The predicted molar refractivity (Wildman–Crippen MR) is 97.7 cm³/mol. The molecule has 10 heteroatoms. The van der Waals surface area contributed by atoms with E-state index in [0.717, 1.165) is 0 Å². The summed E-state index contributed by atoms with van der Waals surface area (Å²) in [4.78, 5) is 25.4. The van der Waals surface area contributed by atoms with Crippen molar-refractivity contribution in [1.82, 2.24) is 10.3 Å². The number of nitrogens with one attached hydrogen (secondary N) is 2. The van der Waals surface area contributed by atoms with Gasteiger partial charge in [0.2, 0.25) is 0 Å². The van der Waals surface area contributed by atoms with E-state index in [1.807, 2.05) is 4.83 Å². The van der Waals surface area contributed by atoms with Gasteiger partial charge in [-0.3, -0.25) is 10.2 Å². The summed E-state index contributed by atoms with van der Waals surface area (Å²) in [7, 11) is -4.04. The number of ether oxygens (including phenoxy) is 2. The number of fused-ring (bicyclic) bond motifs is 2. The molecule has 28 heavy (non-hydrogen) atoms. The molecule has 144 valence electrons. The van der Waals surface area contributed by atoms with Crippen molar-refractivity contribution < 1.29 is 27.1 Å². The van der Waals surface area contributed by atoms with Crippen molar-refractivity contribution >= 4 is 26.9 Å². The van der Waals surface area contributed by atoms with Crippen LogP contribution in [0.25, 0.3) is 11.0 Å². The lowest BCUT2D eigenvalue weighted by atomic mass is 10.2. The predicted octanol–water partition coefficient (Wildman–Crippen LogP) is 1.19. The summed E-state index contributed by atoms with van der Waals surface area (Å²) >= 11 is 0. The van der Waals surface area contributed by atoms with Gasteiger partial charge < -0.3 is 13.9 Å². The van der Waals surface area contributed by atoms with Gasteiger partial charge in [-0.2, -0.15) is 0 Å². The first-order valence-corrected chi connectivity index (χ1v) is 9.66. The number of carbonyl (C=O) groups excluding carboxylic acids is 1. The SMILES string of the molecule is O=C(NNS(=O)(=O)c1ccc2oc(=O)ccc2c1)c1ccc2c(c1)OCCO2. The lowest BCUT2D eigenvalue weighted by Crippen LogP contribution is -2.41. The maximum atomic E-state index is 12.4. The third-order valence-corrected chi connectivity index (χ3v) is 5.25. The minimum atomic E-state index is -4.04. The number of hydrogen-bond acceptors (Lipinski definition) is 7. The van der Waals surface area contributed by atoms with Crippen LogP contribution in [0.4, 0.5) is 0 Å². The summed E-state index contributed by atoms with van der Waals surface area (Å²) in [5.41, 5.74) is 2.08. The van der Waals surface area contributed by atoms with Crippen LogP contribution in [0, 0.1) is 0 Å². The van der Waals surface area contributed by atoms with Gasteiger partial charge in [-0.05, 0) is 42.5 Å². The zero-order valence-corrected chi connectivity index (χ0v) is 15.1. The molecule has 0 bridgehead atoms. The maximum Gasteiger partial charge on any atom is 0.336 e. The Kier molecular flexibility index (Phi) is 4.49. The van der Waals surface area contributed by atoms with Crippen molar-refractivity contribution in [3.05, 3.63) is 64.5 Å². The number of amides is 1. The monoisotopic (exact) mass is 402 g/mol. The number of hydrogen-bond donors (Lipinski definition) is 2. The molecule has 0 aliphatic carbocycles. The first-order chi connectivity index (χ1) is 13.4. The molecular weight excluding hydrogens is 388 g/mol. The molecule has 0 fully saturated rings. The van der Waals surface area contributed by atoms with Crippen LogP contribution in [0.3, 0.4) is 0 Å². The summed E-state index contributed by atoms with van der Waals surface area (Å²) in [6.45, 7) is 0.792. The number of rotatable bonds is 4. The van der Waals surface area contributed by atoms with E-state index >= 15 is 0 Å². The highest BCUT2D eigenvalue weighted by Crippen LogP contribution is 2.30. The Labute approximate surface area is 158 Å². The van der Waals surface area contributed by atoms with Crippen LogP contribution in [-0.2, 0) is 10.0 Å². The van der Waals surface area contributed by atoms with E-state index in [0.29, 0.717) is 30.1 Å². The molecule has 0 radical (unpaired) electrons. The quantitative estimate of drug-likeness (QED) is 0.496. The van der Waals surface area contributed by atoms with Gasteiger partial charge in [0.25, 0.3) is 15.9 Å². The molecule has 0 unspecified atom stereocenters. The van der Waals surface area contributed by atoms with Gasteiger partial charge in [-0.1, -0.05) is 0 Å². The molecule has 3 aromatic rings. The normalized spacial score (nSPS) is 13.3. The average Bonchev–Trinajstić information content (AvgIpc) is 2.71. The summed E-state index contributed by atoms with van der Waals surface area (Å²) in [6.07, 6.45) is 0. The molecule has 1 amide bonds. The van der Waals surface area contributed by atoms with Crippen molar-refractivity contribution in [1.29, 1.82) is 0 Å². The Balaban J connectivity index is 1.51. The first kappa shape index (κ1) is 18.0. The van der Waals surface area contributed by atoms with E-state index in [1.54, 1.807) is 6.07 Å². The molecule has 4 rings (SSSR count). The summed E-state index contributed by atoms with van der Waals surface area (Å²) in [6, 6.07) is 11.2. The number of hydrazine groups is 1.